The van der Waals surface area contributed by atoms with Crippen molar-refractivity contribution in [3.63, 3.8) is 0 Å². The van der Waals surface area contributed by atoms with E-state index in [9.17, 15) is 4.79 Å². The Labute approximate surface area is 164 Å². The summed E-state index contributed by atoms with van der Waals surface area (Å²) >= 11 is 0. The van der Waals surface area contributed by atoms with Gasteiger partial charge in [-0.25, -0.2) is 0 Å². The molecule has 0 aliphatic carbocycles. The molecule has 144 valence electrons. The molecule has 0 atom stereocenters. The number of benzene rings is 2. The molecule has 0 saturated carbocycles. The van der Waals surface area contributed by atoms with Gasteiger partial charge < -0.3 is 19.2 Å². The van der Waals surface area contributed by atoms with E-state index in [0.717, 1.165) is 28.7 Å². The van der Waals surface area contributed by atoms with Crippen molar-refractivity contribution in [2.45, 2.75) is 26.4 Å². The van der Waals surface area contributed by atoms with Gasteiger partial charge in [0, 0.05) is 49.9 Å². The molecule has 0 spiro atoms. The summed E-state index contributed by atoms with van der Waals surface area (Å²) in [6.45, 7) is 4.19. The number of nitrogens with one attached hydrogen (secondary N) is 1. The number of hydrogen-bond acceptors (Lipinski definition) is 2. The lowest BCUT2D eigenvalue weighted by molar-refractivity contribution is -0.116. The van der Waals surface area contributed by atoms with Gasteiger partial charge in [0.05, 0.1) is 17.8 Å². The van der Waals surface area contributed by atoms with Gasteiger partial charge in [-0.2, -0.15) is 0 Å². The molecule has 0 radical (unpaired) electrons. The van der Waals surface area contributed by atoms with Crippen LogP contribution in [0.4, 0.5) is 5.69 Å². The molecule has 0 fully saturated rings. The second kappa shape index (κ2) is 7.90. The second-order valence-corrected chi connectivity index (χ2v) is 7.11. The van der Waals surface area contributed by atoms with Crippen molar-refractivity contribution < 1.29 is 9.53 Å². The molecule has 1 amide bonds. The maximum absolute atomic E-state index is 12.6. The number of methoxy groups -OCH3 is 1. The van der Waals surface area contributed by atoms with E-state index in [2.05, 4.69) is 51.7 Å². The molecule has 0 aliphatic rings. The van der Waals surface area contributed by atoms with Crippen LogP contribution in [0.15, 0.2) is 60.9 Å². The SMILES string of the molecule is COCCn1ccc2c(NC(=O)CCn3ccc4cc(C)ccc43)cccc21. The van der Waals surface area contributed by atoms with Crippen molar-refractivity contribution in [3.05, 3.63) is 66.5 Å². The van der Waals surface area contributed by atoms with Gasteiger partial charge in [-0.1, -0.05) is 17.7 Å². The maximum atomic E-state index is 12.6. The number of carbonyl (C=O) groups excluding carboxylic acids is 1. The van der Waals surface area contributed by atoms with Crippen LogP contribution in [0, 0.1) is 6.92 Å². The van der Waals surface area contributed by atoms with Crippen molar-refractivity contribution in [2.75, 3.05) is 19.0 Å². The highest BCUT2D eigenvalue weighted by Crippen LogP contribution is 2.25. The van der Waals surface area contributed by atoms with Gasteiger partial charge in [-0.05, 0) is 48.7 Å². The van der Waals surface area contributed by atoms with Gasteiger partial charge in [-0.15, -0.1) is 0 Å². The van der Waals surface area contributed by atoms with Crippen molar-refractivity contribution in [1.82, 2.24) is 9.13 Å². The van der Waals surface area contributed by atoms with Gasteiger partial charge in [0.2, 0.25) is 5.91 Å². The molecule has 28 heavy (non-hydrogen) atoms. The summed E-state index contributed by atoms with van der Waals surface area (Å²) in [5.74, 6) is 0.0195. The largest absolute Gasteiger partial charge is 0.383 e. The van der Waals surface area contributed by atoms with Crippen LogP contribution in [0.1, 0.15) is 12.0 Å². The summed E-state index contributed by atoms with van der Waals surface area (Å²) in [4.78, 5) is 12.6. The van der Waals surface area contributed by atoms with Gasteiger partial charge in [-0.3, -0.25) is 4.79 Å². The normalized spacial score (nSPS) is 11.4. The number of amides is 1. The van der Waals surface area contributed by atoms with Crippen molar-refractivity contribution in [3.8, 4) is 0 Å². The maximum Gasteiger partial charge on any atom is 0.226 e. The van der Waals surface area contributed by atoms with Crippen LogP contribution in [0.5, 0.6) is 0 Å². The van der Waals surface area contributed by atoms with Crippen LogP contribution in [-0.2, 0) is 22.6 Å². The van der Waals surface area contributed by atoms with Gasteiger partial charge in [0.25, 0.3) is 0 Å². The highest BCUT2D eigenvalue weighted by atomic mass is 16.5. The van der Waals surface area contributed by atoms with Crippen LogP contribution in [0.3, 0.4) is 0 Å². The summed E-state index contributed by atoms with van der Waals surface area (Å²) in [7, 11) is 1.70. The van der Waals surface area contributed by atoms with E-state index in [1.165, 1.54) is 10.9 Å². The van der Waals surface area contributed by atoms with Crippen LogP contribution < -0.4 is 5.32 Å². The smallest absolute Gasteiger partial charge is 0.226 e. The average molecular weight is 375 g/mol. The fourth-order valence-electron chi connectivity index (χ4n) is 3.67. The minimum absolute atomic E-state index is 0.0195. The minimum Gasteiger partial charge on any atom is -0.383 e. The van der Waals surface area contributed by atoms with E-state index >= 15 is 0 Å². The molecule has 2 aromatic carbocycles. The number of carbonyl (C=O) groups is 1. The molecule has 0 unspecified atom stereocenters. The summed E-state index contributed by atoms with van der Waals surface area (Å²) < 4.78 is 9.45. The summed E-state index contributed by atoms with van der Waals surface area (Å²) in [5, 5.41) is 5.34. The predicted molar refractivity (Wildman–Crippen MR) is 114 cm³/mol. The molecular formula is C23H25N3O2. The Morgan fingerprint density at radius 2 is 1.82 bits per heavy atom. The van der Waals surface area contributed by atoms with E-state index in [-0.39, 0.29) is 5.91 Å². The fraction of sp³-hybridized carbons (Fsp3) is 0.261. The molecule has 4 rings (SSSR count). The van der Waals surface area contributed by atoms with Crippen LogP contribution >= 0.6 is 0 Å². The number of ether oxygens (including phenoxy) is 1. The first kappa shape index (κ1) is 18.3. The molecule has 0 saturated heterocycles. The van der Waals surface area contributed by atoms with Crippen LogP contribution in [-0.4, -0.2) is 28.8 Å². The van der Waals surface area contributed by atoms with Gasteiger partial charge in [0.1, 0.15) is 0 Å². The van der Waals surface area contributed by atoms with E-state index in [1.807, 2.05) is 30.6 Å². The van der Waals surface area contributed by atoms with Crippen LogP contribution in [0.25, 0.3) is 21.8 Å². The molecule has 0 bridgehead atoms. The Morgan fingerprint density at radius 3 is 2.68 bits per heavy atom. The first-order valence-electron chi connectivity index (χ1n) is 9.58. The highest BCUT2D eigenvalue weighted by Gasteiger charge is 2.10. The summed E-state index contributed by atoms with van der Waals surface area (Å²) in [6, 6.07) is 16.5. The highest BCUT2D eigenvalue weighted by molar-refractivity contribution is 6.01. The monoisotopic (exact) mass is 375 g/mol. The Bertz CT molecular complexity index is 1120. The van der Waals surface area contributed by atoms with Gasteiger partial charge in [0.15, 0.2) is 0 Å². The van der Waals surface area contributed by atoms with E-state index in [0.29, 0.717) is 19.6 Å². The average Bonchev–Trinajstić information content (AvgIpc) is 3.29. The number of rotatable bonds is 7. The van der Waals surface area contributed by atoms with Crippen molar-refractivity contribution >= 4 is 33.4 Å². The standard InChI is InChI=1S/C23H25N3O2/c1-17-6-7-21-18(16-17)8-11-25(21)13-10-23(27)24-20-4-3-5-22-19(20)9-12-26(22)14-15-28-2/h3-9,11-12,16H,10,13-15H2,1-2H3,(H,24,27). The Balaban J connectivity index is 1.45. The molecule has 4 aromatic rings. The topological polar surface area (TPSA) is 48.2 Å². The zero-order valence-corrected chi connectivity index (χ0v) is 16.3. The molecule has 1 N–H and O–H groups in total. The Hall–Kier alpha value is -3.05. The Kier molecular flexibility index (Phi) is 5.17. The number of anilines is 1. The van der Waals surface area contributed by atoms with E-state index in [4.69, 9.17) is 4.74 Å². The molecule has 5 nitrogen and oxygen atoms in total. The van der Waals surface area contributed by atoms with Crippen molar-refractivity contribution in [1.29, 1.82) is 0 Å². The lowest BCUT2D eigenvalue weighted by Gasteiger charge is -2.10. The lowest BCUT2D eigenvalue weighted by Crippen LogP contribution is -2.14. The van der Waals surface area contributed by atoms with Crippen molar-refractivity contribution in [2.24, 2.45) is 0 Å². The second-order valence-electron chi connectivity index (χ2n) is 7.11. The number of hydrogen-bond donors (Lipinski definition) is 1. The van der Waals surface area contributed by atoms with E-state index in [1.54, 1.807) is 7.11 Å². The fourth-order valence-corrected chi connectivity index (χ4v) is 3.67. The molecular weight excluding hydrogens is 350 g/mol. The van der Waals surface area contributed by atoms with Gasteiger partial charge >= 0.3 is 0 Å². The molecule has 5 heteroatoms. The Morgan fingerprint density at radius 1 is 1.00 bits per heavy atom. The molecule has 2 aromatic heterocycles. The number of aryl methyl sites for hydroxylation is 2. The summed E-state index contributed by atoms with van der Waals surface area (Å²) in [5.41, 5.74) is 4.36. The zero-order valence-electron chi connectivity index (χ0n) is 16.3. The van der Waals surface area contributed by atoms with E-state index < -0.39 is 0 Å². The molecule has 0 aliphatic heterocycles. The quantitative estimate of drug-likeness (QED) is 0.514. The summed E-state index contributed by atoms with van der Waals surface area (Å²) in [6.07, 6.45) is 4.51. The first-order chi connectivity index (χ1) is 13.7. The predicted octanol–water partition coefficient (Wildman–Crippen LogP) is 4.58. The minimum atomic E-state index is 0.0195. The first-order valence-corrected chi connectivity index (χ1v) is 9.58. The number of nitrogens with zero attached hydrogens (tertiary/aromatic N) is 2. The lowest BCUT2D eigenvalue weighted by atomic mass is 10.2. The molecule has 2 heterocycles. The third-order valence-corrected chi connectivity index (χ3v) is 5.13. The third-order valence-electron chi connectivity index (χ3n) is 5.13. The number of aromatic nitrogens is 2. The third kappa shape index (κ3) is 3.66. The van der Waals surface area contributed by atoms with Crippen LogP contribution in [0.2, 0.25) is 0 Å². The number of fused-ring (bicyclic) bond motifs is 2. The zero-order chi connectivity index (χ0) is 19.5.